The number of unbranched alkanes of at least 4 members (excludes halogenated alkanes) is 11. The molecular formula is C22H40O8P2. The van der Waals surface area contributed by atoms with E-state index in [2.05, 4.69) is 11.2 Å². The summed E-state index contributed by atoms with van der Waals surface area (Å²) in [7, 11) is -9.42. The lowest BCUT2D eigenvalue weighted by atomic mass is 10.1. The fourth-order valence-electron chi connectivity index (χ4n) is 3.16. The molecule has 0 saturated carbocycles. The van der Waals surface area contributed by atoms with Gasteiger partial charge in [0.15, 0.2) is 0 Å². The molecule has 0 spiro atoms. The number of benzene rings is 1. The molecule has 186 valence electrons. The highest BCUT2D eigenvalue weighted by atomic mass is 31.3. The molecule has 0 radical (unpaired) electrons. The molecule has 0 aromatic heterocycles. The van der Waals surface area contributed by atoms with Crippen LogP contribution in [0.2, 0.25) is 0 Å². The van der Waals surface area contributed by atoms with Gasteiger partial charge in [-0.05, 0) is 18.6 Å². The fraction of sp³-hybridized carbons (Fsp3) is 0.727. The van der Waals surface area contributed by atoms with Crippen LogP contribution < -0.4 is 4.74 Å². The molecule has 1 aromatic carbocycles. The molecule has 0 aliphatic carbocycles. The number of rotatable bonds is 21. The number of phosphoric acid groups is 2. The van der Waals surface area contributed by atoms with Crippen LogP contribution in [0.4, 0.5) is 0 Å². The van der Waals surface area contributed by atoms with Gasteiger partial charge in [0.05, 0.1) is 13.2 Å². The van der Waals surface area contributed by atoms with Gasteiger partial charge in [0, 0.05) is 0 Å². The van der Waals surface area contributed by atoms with E-state index in [4.69, 9.17) is 23.6 Å². The summed E-state index contributed by atoms with van der Waals surface area (Å²) in [6, 6.07) is 8.94. The van der Waals surface area contributed by atoms with Gasteiger partial charge < -0.3 is 14.5 Å². The second kappa shape index (κ2) is 17.7. The Labute approximate surface area is 192 Å². The first-order valence-electron chi connectivity index (χ1n) is 11.7. The third-order valence-electron chi connectivity index (χ3n) is 4.80. The Bertz CT molecular complexity index is 665. The molecule has 0 saturated heterocycles. The van der Waals surface area contributed by atoms with Gasteiger partial charge in [-0.2, -0.15) is 4.31 Å². The van der Waals surface area contributed by atoms with Crippen LogP contribution >= 0.6 is 15.6 Å². The van der Waals surface area contributed by atoms with E-state index < -0.39 is 15.6 Å². The van der Waals surface area contributed by atoms with Crippen molar-refractivity contribution in [2.75, 3.05) is 19.8 Å². The van der Waals surface area contributed by atoms with Gasteiger partial charge in [-0.25, -0.2) is 9.13 Å². The van der Waals surface area contributed by atoms with E-state index in [9.17, 15) is 9.13 Å². The van der Waals surface area contributed by atoms with Crippen molar-refractivity contribution < 1.29 is 37.0 Å². The first-order chi connectivity index (χ1) is 15.3. The standard InChI is InChI=1S/C22H40O8P2/c1-2-3-4-5-6-7-8-9-10-11-12-16-19-28-32(26,30-31(23,24)25)29-21-20-27-22-17-14-13-15-18-22/h13-15,17-18H,2-12,16,19-21H2,1H3,(H2,23,24,25). The van der Waals surface area contributed by atoms with Crippen molar-refractivity contribution in [1.82, 2.24) is 0 Å². The minimum Gasteiger partial charge on any atom is -0.491 e. The fourth-order valence-corrected chi connectivity index (χ4v) is 5.30. The van der Waals surface area contributed by atoms with Gasteiger partial charge in [-0.1, -0.05) is 95.8 Å². The van der Waals surface area contributed by atoms with Gasteiger partial charge in [-0.15, -0.1) is 0 Å². The third kappa shape index (κ3) is 16.8. The predicted molar refractivity (Wildman–Crippen MR) is 126 cm³/mol. The summed E-state index contributed by atoms with van der Waals surface area (Å²) in [6.07, 6.45) is 14.0. The summed E-state index contributed by atoms with van der Waals surface area (Å²) in [5.41, 5.74) is 0. The van der Waals surface area contributed by atoms with Gasteiger partial charge in [0.25, 0.3) is 0 Å². The zero-order valence-electron chi connectivity index (χ0n) is 19.2. The summed E-state index contributed by atoms with van der Waals surface area (Å²) in [4.78, 5) is 18.0. The van der Waals surface area contributed by atoms with Crippen molar-refractivity contribution in [2.45, 2.75) is 84.0 Å². The molecule has 10 heteroatoms. The van der Waals surface area contributed by atoms with Crippen molar-refractivity contribution in [3.63, 3.8) is 0 Å². The molecular weight excluding hydrogens is 454 g/mol. The van der Waals surface area contributed by atoms with Crippen molar-refractivity contribution in [1.29, 1.82) is 0 Å². The van der Waals surface area contributed by atoms with Crippen LogP contribution in [0.15, 0.2) is 30.3 Å². The zero-order valence-corrected chi connectivity index (χ0v) is 21.0. The lowest BCUT2D eigenvalue weighted by Gasteiger charge is -2.18. The van der Waals surface area contributed by atoms with Crippen LogP contribution in [0, 0.1) is 0 Å². The molecule has 8 nitrogen and oxygen atoms in total. The average Bonchev–Trinajstić information content (AvgIpc) is 2.74. The summed E-state index contributed by atoms with van der Waals surface area (Å²) in [5.74, 6) is 0.597. The van der Waals surface area contributed by atoms with Crippen LogP contribution in [0.25, 0.3) is 0 Å². The van der Waals surface area contributed by atoms with Crippen LogP contribution in [0.1, 0.15) is 84.0 Å². The lowest BCUT2D eigenvalue weighted by Crippen LogP contribution is -2.08. The van der Waals surface area contributed by atoms with E-state index in [1.807, 2.05) is 6.07 Å². The minimum absolute atomic E-state index is 0.0283. The molecule has 0 heterocycles. The third-order valence-corrected chi connectivity index (χ3v) is 7.45. The van der Waals surface area contributed by atoms with Crippen molar-refractivity contribution in [3.8, 4) is 5.75 Å². The van der Waals surface area contributed by atoms with E-state index in [0.717, 1.165) is 19.3 Å². The van der Waals surface area contributed by atoms with Crippen molar-refractivity contribution >= 4 is 15.6 Å². The first kappa shape index (κ1) is 29.3. The van der Waals surface area contributed by atoms with Gasteiger partial charge in [-0.3, -0.25) is 9.05 Å². The Kier molecular flexibility index (Phi) is 16.2. The minimum atomic E-state index is -5.03. The normalized spacial score (nSPS) is 13.7. The highest BCUT2D eigenvalue weighted by Crippen LogP contribution is 2.61. The number of hydrogen-bond acceptors (Lipinski definition) is 6. The number of hydrogen-bond donors (Lipinski definition) is 2. The quantitative estimate of drug-likeness (QED) is 0.139. The Morgan fingerprint density at radius 2 is 1.19 bits per heavy atom. The monoisotopic (exact) mass is 494 g/mol. The molecule has 1 rings (SSSR count). The lowest BCUT2D eigenvalue weighted by molar-refractivity contribution is 0.121. The number of para-hydroxylation sites is 1. The first-order valence-corrected chi connectivity index (χ1v) is 14.7. The van der Waals surface area contributed by atoms with E-state index in [1.165, 1.54) is 51.4 Å². The van der Waals surface area contributed by atoms with E-state index in [-0.39, 0.29) is 19.8 Å². The summed E-state index contributed by atoms with van der Waals surface area (Å²) in [6.45, 7) is 2.09. The Balaban J connectivity index is 2.15. The zero-order chi connectivity index (χ0) is 23.5. The average molecular weight is 495 g/mol. The van der Waals surface area contributed by atoms with E-state index in [1.54, 1.807) is 24.3 Å². The molecule has 1 aromatic rings. The Hall–Kier alpha value is -0.720. The van der Waals surface area contributed by atoms with Crippen LogP contribution in [-0.2, 0) is 22.5 Å². The Morgan fingerprint density at radius 1 is 0.688 bits per heavy atom. The van der Waals surface area contributed by atoms with Crippen molar-refractivity contribution in [2.24, 2.45) is 0 Å². The van der Waals surface area contributed by atoms with Crippen LogP contribution in [0.3, 0.4) is 0 Å². The summed E-state index contributed by atoms with van der Waals surface area (Å²) in [5, 5.41) is 0. The summed E-state index contributed by atoms with van der Waals surface area (Å²) >= 11 is 0. The second-order valence-corrected chi connectivity index (χ2v) is 10.8. The molecule has 0 aliphatic heterocycles. The topological polar surface area (TPSA) is 112 Å². The molecule has 0 aliphatic rings. The molecule has 1 unspecified atom stereocenters. The summed E-state index contributed by atoms with van der Waals surface area (Å²) < 4.78 is 43.5. The maximum Gasteiger partial charge on any atom is 0.483 e. The maximum atomic E-state index is 12.5. The molecule has 0 bridgehead atoms. The van der Waals surface area contributed by atoms with Crippen LogP contribution in [0.5, 0.6) is 5.75 Å². The smallest absolute Gasteiger partial charge is 0.483 e. The second-order valence-electron chi connectivity index (χ2n) is 7.74. The van der Waals surface area contributed by atoms with Crippen molar-refractivity contribution in [3.05, 3.63) is 30.3 Å². The Morgan fingerprint density at radius 3 is 1.72 bits per heavy atom. The SMILES string of the molecule is CCCCCCCCCCCCCCOP(=O)(OCCOc1ccccc1)OP(=O)(O)O. The van der Waals surface area contributed by atoms with E-state index >= 15 is 0 Å². The number of phosphoric ester groups is 1. The molecule has 32 heavy (non-hydrogen) atoms. The maximum absolute atomic E-state index is 12.5. The van der Waals surface area contributed by atoms with Gasteiger partial charge >= 0.3 is 15.6 Å². The van der Waals surface area contributed by atoms with Gasteiger partial charge in [0.2, 0.25) is 0 Å². The molecule has 1 atom stereocenters. The predicted octanol–water partition coefficient (Wildman–Crippen LogP) is 7.02. The molecule has 0 fully saturated rings. The highest BCUT2D eigenvalue weighted by molar-refractivity contribution is 7.61. The van der Waals surface area contributed by atoms with Gasteiger partial charge in [0.1, 0.15) is 12.4 Å². The molecule has 2 N–H and O–H groups in total. The van der Waals surface area contributed by atoms with Crippen LogP contribution in [-0.4, -0.2) is 29.6 Å². The molecule has 0 amide bonds. The number of ether oxygens (including phenoxy) is 1. The van der Waals surface area contributed by atoms with E-state index in [0.29, 0.717) is 12.2 Å². The largest absolute Gasteiger partial charge is 0.491 e. The highest BCUT2D eigenvalue weighted by Gasteiger charge is 2.35.